The molecule has 0 fully saturated rings. The fourth-order valence-electron chi connectivity index (χ4n) is 1.62. The number of nitrogens with zero attached hydrogens (tertiary/aromatic N) is 1. The second kappa shape index (κ2) is 5.26. The molecule has 2 heteroatoms. The molecule has 0 amide bonds. The molecule has 0 aliphatic carbocycles. The summed E-state index contributed by atoms with van der Waals surface area (Å²) in [4.78, 5) is 7.12. The molecule has 0 aliphatic rings. The van der Waals surface area contributed by atoms with Gasteiger partial charge in [-0.15, -0.1) is 11.3 Å². The first kappa shape index (κ1) is 11.3. The molecule has 1 nitrogen and oxygen atoms in total. The van der Waals surface area contributed by atoms with Crippen molar-refractivity contribution < 1.29 is 0 Å². The minimum Gasteiger partial charge on any atom is -0.255 e. The fraction of sp³-hybridized carbons (Fsp3) is 0.357. The number of aromatic nitrogens is 1. The highest BCUT2D eigenvalue weighted by Gasteiger charge is 2.06. The van der Waals surface area contributed by atoms with Gasteiger partial charge in [0, 0.05) is 11.1 Å². The SMILES string of the molecule is CCC(C)Cc1ccc(-c2ccccn2)s1. The zero-order chi connectivity index (χ0) is 11.4. The average molecular weight is 231 g/mol. The van der Waals surface area contributed by atoms with E-state index in [1.807, 2.05) is 29.7 Å². The van der Waals surface area contributed by atoms with Crippen molar-refractivity contribution in [1.82, 2.24) is 4.98 Å². The van der Waals surface area contributed by atoms with E-state index in [-0.39, 0.29) is 0 Å². The number of rotatable bonds is 4. The van der Waals surface area contributed by atoms with Crippen LogP contribution in [0.25, 0.3) is 10.6 Å². The van der Waals surface area contributed by atoms with Crippen molar-refractivity contribution in [3.05, 3.63) is 41.4 Å². The van der Waals surface area contributed by atoms with E-state index < -0.39 is 0 Å². The maximum atomic E-state index is 4.37. The van der Waals surface area contributed by atoms with Gasteiger partial charge in [-0.3, -0.25) is 4.98 Å². The molecule has 2 rings (SSSR count). The Balaban J connectivity index is 2.14. The van der Waals surface area contributed by atoms with Crippen molar-refractivity contribution in [3.8, 4) is 10.6 Å². The maximum absolute atomic E-state index is 4.37. The van der Waals surface area contributed by atoms with E-state index in [9.17, 15) is 0 Å². The summed E-state index contributed by atoms with van der Waals surface area (Å²) >= 11 is 1.87. The monoisotopic (exact) mass is 231 g/mol. The van der Waals surface area contributed by atoms with Gasteiger partial charge in [-0.1, -0.05) is 26.3 Å². The van der Waals surface area contributed by atoms with Crippen LogP contribution in [0.15, 0.2) is 36.5 Å². The molecule has 1 atom stereocenters. The highest BCUT2D eigenvalue weighted by Crippen LogP contribution is 2.28. The smallest absolute Gasteiger partial charge is 0.0801 e. The van der Waals surface area contributed by atoms with Crippen LogP contribution >= 0.6 is 11.3 Å². The number of thiophene rings is 1. The molecule has 0 N–H and O–H groups in total. The quantitative estimate of drug-likeness (QED) is 0.760. The summed E-state index contributed by atoms with van der Waals surface area (Å²) in [5.74, 6) is 0.773. The molecule has 0 radical (unpaired) electrons. The third-order valence-electron chi connectivity index (χ3n) is 2.83. The van der Waals surface area contributed by atoms with E-state index in [4.69, 9.17) is 0 Å². The first-order valence-corrected chi connectivity index (χ1v) is 6.61. The Morgan fingerprint density at radius 3 is 2.81 bits per heavy atom. The van der Waals surface area contributed by atoms with E-state index in [1.54, 1.807) is 0 Å². The number of hydrogen-bond donors (Lipinski definition) is 0. The molecule has 0 aliphatic heterocycles. The Kier molecular flexibility index (Phi) is 3.73. The normalized spacial score (nSPS) is 12.6. The molecule has 0 spiro atoms. The second-order valence-electron chi connectivity index (χ2n) is 4.20. The van der Waals surface area contributed by atoms with Gasteiger partial charge >= 0.3 is 0 Å². The Hall–Kier alpha value is -1.15. The summed E-state index contributed by atoms with van der Waals surface area (Å²) in [6.45, 7) is 4.55. The largest absolute Gasteiger partial charge is 0.255 e. The van der Waals surface area contributed by atoms with E-state index in [0.717, 1.165) is 11.6 Å². The predicted molar refractivity (Wildman–Crippen MR) is 70.7 cm³/mol. The van der Waals surface area contributed by atoms with Crippen LogP contribution in [0.1, 0.15) is 25.1 Å². The summed E-state index contributed by atoms with van der Waals surface area (Å²) in [5, 5.41) is 0. The van der Waals surface area contributed by atoms with E-state index in [1.165, 1.54) is 22.6 Å². The van der Waals surface area contributed by atoms with Gasteiger partial charge in [-0.2, -0.15) is 0 Å². The van der Waals surface area contributed by atoms with Crippen LogP contribution in [0.3, 0.4) is 0 Å². The fourth-order valence-corrected chi connectivity index (χ4v) is 2.77. The summed E-state index contributed by atoms with van der Waals surface area (Å²) in [7, 11) is 0. The second-order valence-corrected chi connectivity index (χ2v) is 5.37. The zero-order valence-corrected chi connectivity index (χ0v) is 10.6. The molecule has 16 heavy (non-hydrogen) atoms. The number of hydrogen-bond acceptors (Lipinski definition) is 2. The van der Waals surface area contributed by atoms with Crippen molar-refractivity contribution in [3.63, 3.8) is 0 Å². The Bertz CT molecular complexity index is 433. The minimum atomic E-state index is 0.773. The predicted octanol–water partition coefficient (Wildman–Crippen LogP) is 4.40. The first-order chi connectivity index (χ1) is 7.79. The number of pyridine rings is 1. The molecular formula is C14H17NS. The topological polar surface area (TPSA) is 12.9 Å². The molecule has 0 bridgehead atoms. The lowest BCUT2D eigenvalue weighted by atomic mass is 10.0. The summed E-state index contributed by atoms with van der Waals surface area (Å²) in [5.41, 5.74) is 1.09. The lowest BCUT2D eigenvalue weighted by molar-refractivity contribution is 0.565. The molecule has 0 aromatic carbocycles. The van der Waals surface area contributed by atoms with E-state index >= 15 is 0 Å². The Labute approximate surface area is 101 Å². The van der Waals surface area contributed by atoms with Crippen molar-refractivity contribution in [2.45, 2.75) is 26.7 Å². The summed E-state index contributed by atoms with van der Waals surface area (Å²) < 4.78 is 0. The van der Waals surface area contributed by atoms with Gasteiger partial charge in [-0.25, -0.2) is 0 Å². The standard InChI is InChI=1S/C14H17NS/c1-3-11(2)10-12-7-8-14(16-12)13-6-4-5-9-15-13/h4-9,11H,3,10H2,1-2H3. The Morgan fingerprint density at radius 1 is 1.25 bits per heavy atom. The van der Waals surface area contributed by atoms with E-state index in [0.29, 0.717) is 0 Å². The highest BCUT2D eigenvalue weighted by molar-refractivity contribution is 7.15. The molecule has 84 valence electrons. The van der Waals surface area contributed by atoms with Crippen LogP contribution in [0, 0.1) is 5.92 Å². The highest BCUT2D eigenvalue weighted by atomic mass is 32.1. The van der Waals surface area contributed by atoms with Crippen LogP contribution in [-0.2, 0) is 6.42 Å². The van der Waals surface area contributed by atoms with Gasteiger partial charge in [-0.05, 0) is 36.6 Å². The lowest BCUT2D eigenvalue weighted by Crippen LogP contribution is -1.94. The third-order valence-corrected chi connectivity index (χ3v) is 3.96. The average Bonchev–Trinajstić information content (AvgIpc) is 2.78. The van der Waals surface area contributed by atoms with Crippen LogP contribution < -0.4 is 0 Å². The van der Waals surface area contributed by atoms with Gasteiger partial charge in [0.05, 0.1) is 10.6 Å². The zero-order valence-electron chi connectivity index (χ0n) is 9.81. The lowest BCUT2D eigenvalue weighted by Gasteiger charge is -2.04. The third kappa shape index (κ3) is 2.70. The molecule has 0 saturated heterocycles. The van der Waals surface area contributed by atoms with Gasteiger partial charge in [0.15, 0.2) is 0 Å². The molecule has 2 aromatic heterocycles. The summed E-state index contributed by atoms with van der Waals surface area (Å²) in [6.07, 6.45) is 4.29. The van der Waals surface area contributed by atoms with Crippen molar-refractivity contribution in [2.24, 2.45) is 5.92 Å². The van der Waals surface area contributed by atoms with Crippen molar-refractivity contribution >= 4 is 11.3 Å². The molecule has 2 aromatic rings. The maximum Gasteiger partial charge on any atom is 0.0801 e. The van der Waals surface area contributed by atoms with Crippen molar-refractivity contribution in [2.75, 3.05) is 0 Å². The van der Waals surface area contributed by atoms with Crippen molar-refractivity contribution in [1.29, 1.82) is 0 Å². The minimum absolute atomic E-state index is 0.773. The molecular weight excluding hydrogens is 214 g/mol. The van der Waals surface area contributed by atoms with Gasteiger partial charge < -0.3 is 0 Å². The first-order valence-electron chi connectivity index (χ1n) is 5.79. The molecule has 2 heterocycles. The van der Waals surface area contributed by atoms with Crippen LogP contribution in [0.4, 0.5) is 0 Å². The van der Waals surface area contributed by atoms with E-state index in [2.05, 4.69) is 37.0 Å². The summed E-state index contributed by atoms with van der Waals surface area (Å²) in [6, 6.07) is 10.5. The van der Waals surface area contributed by atoms with Crippen LogP contribution in [0.2, 0.25) is 0 Å². The van der Waals surface area contributed by atoms with Crippen LogP contribution in [-0.4, -0.2) is 4.98 Å². The Morgan fingerprint density at radius 2 is 2.12 bits per heavy atom. The van der Waals surface area contributed by atoms with Crippen LogP contribution in [0.5, 0.6) is 0 Å². The molecule has 0 saturated carbocycles. The molecule has 1 unspecified atom stereocenters. The van der Waals surface area contributed by atoms with Gasteiger partial charge in [0.25, 0.3) is 0 Å². The van der Waals surface area contributed by atoms with Gasteiger partial charge in [0.1, 0.15) is 0 Å². The van der Waals surface area contributed by atoms with Gasteiger partial charge in [0.2, 0.25) is 0 Å².